The summed E-state index contributed by atoms with van der Waals surface area (Å²) in [5, 5.41) is 10.5. The molecule has 3 fully saturated rings. The van der Waals surface area contributed by atoms with Crippen LogP contribution in [0, 0.1) is 46.3 Å². The Hall–Kier alpha value is -0.560. The van der Waals surface area contributed by atoms with Crippen molar-refractivity contribution in [3.63, 3.8) is 0 Å². The predicted molar refractivity (Wildman–Crippen MR) is 128 cm³/mol. The van der Waals surface area contributed by atoms with Gasteiger partial charge in [-0.15, -0.1) is 0 Å². The second-order valence-corrected chi connectivity index (χ2v) is 12.5. The maximum atomic E-state index is 10.5. The van der Waals surface area contributed by atoms with E-state index >= 15 is 0 Å². The van der Waals surface area contributed by atoms with E-state index < -0.39 is 0 Å². The molecule has 30 heavy (non-hydrogen) atoms. The Kier molecular flexibility index (Phi) is 6.35. The van der Waals surface area contributed by atoms with Gasteiger partial charge in [-0.3, -0.25) is 0 Å². The van der Waals surface area contributed by atoms with Gasteiger partial charge in [0.25, 0.3) is 0 Å². The first-order valence-corrected chi connectivity index (χ1v) is 13.2. The summed E-state index contributed by atoms with van der Waals surface area (Å²) in [6, 6.07) is 0. The van der Waals surface area contributed by atoms with Gasteiger partial charge in [-0.25, -0.2) is 0 Å². The lowest BCUT2D eigenvalue weighted by atomic mass is 9.46. The summed E-state index contributed by atoms with van der Waals surface area (Å²) in [5.74, 6) is 5.23. The minimum Gasteiger partial charge on any atom is -0.392 e. The Morgan fingerprint density at radius 2 is 1.83 bits per heavy atom. The molecule has 0 spiro atoms. The average molecular weight is 413 g/mol. The SMILES string of the molecule is C/C=C1\C[C@H](O)CC2=CC[C@H]3[C@@H]4CC[C@H]([C@H](C)CCCC(C)C)[C@@]4(C)CC[C@@H]3[C@]21C. The molecule has 0 radical (unpaired) electrons. The topological polar surface area (TPSA) is 20.2 Å². The van der Waals surface area contributed by atoms with Crippen molar-refractivity contribution in [2.24, 2.45) is 46.3 Å². The molecule has 4 aliphatic rings. The quantitative estimate of drug-likeness (QED) is 0.454. The van der Waals surface area contributed by atoms with E-state index in [0.717, 1.165) is 48.3 Å². The van der Waals surface area contributed by atoms with Crippen molar-refractivity contribution in [1.29, 1.82) is 0 Å². The van der Waals surface area contributed by atoms with Crippen molar-refractivity contribution in [2.75, 3.05) is 0 Å². The van der Waals surface area contributed by atoms with Gasteiger partial charge in [0.05, 0.1) is 6.10 Å². The molecule has 0 amide bonds. The van der Waals surface area contributed by atoms with Crippen LogP contribution in [-0.2, 0) is 0 Å². The van der Waals surface area contributed by atoms with Gasteiger partial charge < -0.3 is 5.11 Å². The van der Waals surface area contributed by atoms with E-state index in [4.69, 9.17) is 0 Å². The molecule has 0 saturated heterocycles. The van der Waals surface area contributed by atoms with Crippen molar-refractivity contribution in [3.05, 3.63) is 23.3 Å². The number of rotatable bonds is 5. The molecule has 1 heteroatoms. The molecule has 1 nitrogen and oxygen atoms in total. The van der Waals surface area contributed by atoms with Crippen LogP contribution in [-0.4, -0.2) is 11.2 Å². The molecule has 0 bridgehead atoms. The molecule has 3 saturated carbocycles. The highest BCUT2D eigenvalue weighted by molar-refractivity contribution is 5.37. The summed E-state index contributed by atoms with van der Waals surface area (Å²) >= 11 is 0. The van der Waals surface area contributed by atoms with Crippen LogP contribution in [0.2, 0.25) is 0 Å². The maximum Gasteiger partial charge on any atom is 0.0615 e. The van der Waals surface area contributed by atoms with Crippen LogP contribution in [0.3, 0.4) is 0 Å². The zero-order valence-electron chi connectivity index (χ0n) is 20.7. The third kappa shape index (κ3) is 3.56. The van der Waals surface area contributed by atoms with Crippen LogP contribution >= 0.6 is 0 Å². The molecular formula is C29H48O. The minimum atomic E-state index is -0.163. The highest BCUT2D eigenvalue weighted by atomic mass is 16.3. The largest absolute Gasteiger partial charge is 0.392 e. The van der Waals surface area contributed by atoms with Crippen LogP contribution in [0.5, 0.6) is 0 Å². The molecule has 4 rings (SSSR count). The van der Waals surface area contributed by atoms with Gasteiger partial charge in [-0.1, -0.05) is 77.2 Å². The van der Waals surface area contributed by atoms with Gasteiger partial charge in [-0.05, 0) is 92.8 Å². The van der Waals surface area contributed by atoms with Gasteiger partial charge in [0.2, 0.25) is 0 Å². The highest BCUT2D eigenvalue weighted by Crippen LogP contribution is 2.68. The zero-order valence-corrected chi connectivity index (χ0v) is 20.7. The summed E-state index contributed by atoms with van der Waals surface area (Å²) in [6.07, 6.45) is 17.8. The maximum absolute atomic E-state index is 10.5. The van der Waals surface area contributed by atoms with Gasteiger partial charge >= 0.3 is 0 Å². The van der Waals surface area contributed by atoms with Gasteiger partial charge in [0.15, 0.2) is 0 Å². The molecular weight excluding hydrogens is 364 g/mol. The van der Waals surface area contributed by atoms with Crippen LogP contribution in [0.4, 0.5) is 0 Å². The molecule has 8 atom stereocenters. The lowest BCUT2D eigenvalue weighted by Crippen LogP contribution is -2.51. The molecule has 170 valence electrons. The van der Waals surface area contributed by atoms with E-state index in [1.807, 2.05) is 0 Å². The van der Waals surface area contributed by atoms with Crippen molar-refractivity contribution >= 4 is 0 Å². The molecule has 0 aromatic carbocycles. The summed E-state index contributed by atoms with van der Waals surface area (Å²) in [5.41, 5.74) is 3.88. The second-order valence-electron chi connectivity index (χ2n) is 12.5. The molecule has 4 aliphatic carbocycles. The molecule has 1 N–H and O–H groups in total. The Bertz CT molecular complexity index is 686. The Labute approximate surface area is 186 Å². The van der Waals surface area contributed by atoms with Crippen molar-refractivity contribution in [3.8, 4) is 0 Å². The summed E-state index contributed by atoms with van der Waals surface area (Å²) in [4.78, 5) is 0. The highest BCUT2D eigenvalue weighted by Gasteiger charge is 2.59. The van der Waals surface area contributed by atoms with E-state index in [1.165, 1.54) is 56.9 Å². The molecule has 0 aromatic heterocycles. The summed E-state index contributed by atoms with van der Waals surface area (Å²) < 4.78 is 0. The number of allylic oxidation sites excluding steroid dienone is 2. The van der Waals surface area contributed by atoms with Crippen LogP contribution in [0.25, 0.3) is 0 Å². The van der Waals surface area contributed by atoms with E-state index in [9.17, 15) is 5.11 Å². The van der Waals surface area contributed by atoms with Crippen LogP contribution in [0.15, 0.2) is 23.3 Å². The normalized spacial score (nSPS) is 45.7. The zero-order chi connectivity index (χ0) is 21.7. The van der Waals surface area contributed by atoms with Crippen molar-refractivity contribution < 1.29 is 5.11 Å². The number of aliphatic hydroxyl groups excluding tert-OH is 1. The summed E-state index contributed by atoms with van der Waals surface area (Å²) in [6.45, 7) is 14.7. The third-order valence-corrected chi connectivity index (χ3v) is 10.6. The monoisotopic (exact) mass is 412 g/mol. The Morgan fingerprint density at radius 3 is 2.53 bits per heavy atom. The van der Waals surface area contributed by atoms with E-state index in [1.54, 1.807) is 5.57 Å². The molecule has 0 unspecified atom stereocenters. The lowest BCUT2D eigenvalue weighted by Gasteiger charge is -2.59. The number of aliphatic hydroxyl groups is 1. The first-order chi connectivity index (χ1) is 14.2. The Balaban J connectivity index is 1.55. The fourth-order valence-corrected chi connectivity index (χ4v) is 9.04. The second kappa shape index (κ2) is 8.42. The third-order valence-electron chi connectivity index (χ3n) is 10.6. The lowest BCUT2D eigenvalue weighted by molar-refractivity contribution is -0.0424. The molecule has 0 aliphatic heterocycles. The fourth-order valence-electron chi connectivity index (χ4n) is 9.04. The van der Waals surface area contributed by atoms with Crippen molar-refractivity contribution in [2.45, 2.75) is 112 Å². The number of fused-ring (bicyclic) bond motifs is 5. The first kappa shape index (κ1) is 22.6. The smallest absolute Gasteiger partial charge is 0.0615 e. The van der Waals surface area contributed by atoms with Crippen LogP contribution in [0.1, 0.15) is 106 Å². The average Bonchev–Trinajstić information content (AvgIpc) is 3.05. The van der Waals surface area contributed by atoms with E-state index in [-0.39, 0.29) is 11.5 Å². The van der Waals surface area contributed by atoms with E-state index in [0.29, 0.717) is 5.41 Å². The fraction of sp³-hybridized carbons (Fsp3) is 0.862. The van der Waals surface area contributed by atoms with Gasteiger partial charge in [0, 0.05) is 5.41 Å². The first-order valence-electron chi connectivity index (χ1n) is 13.2. The predicted octanol–water partition coefficient (Wildman–Crippen LogP) is 7.94. The standard InChI is InChI=1S/C29H48O/c1-7-21-17-23(30)18-22-11-12-24-26-14-13-25(20(4)10-8-9-19(2)3)28(26,5)16-15-27(24)29(21,22)6/h7,11,19-20,23-27,30H,8-10,12-18H2,1-6H3/b21-7+/t20-,23+,24+,25-,26+,27+,28-,29+/m1/s1. The molecule has 0 aromatic rings. The Morgan fingerprint density at radius 1 is 1.07 bits per heavy atom. The van der Waals surface area contributed by atoms with Gasteiger partial charge in [-0.2, -0.15) is 0 Å². The van der Waals surface area contributed by atoms with Crippen LogP contribution < -0.4 is 0 Å². The molecule has 0 heterocycles. The number of hydrogen-bond donors (Lipinski definition) is 1. The number of hydrogen-bond acceptors (Lipinski definition) is 1. The summed E-state index contributed by atoms with van der Waals surface area (Å²) in [7, 11) is 0. The minimum absolute atomic E-state index is 0.163. The van der Waals surface area contributed by atoms with Gasteiger partial charge in [0.1, 0.15) is 0 Å². The van der Waals surface area contributed by atoms with E-state index in [2.05, 4.69) is 53.7 Å². The van der Waals surface area contributed by atoms with Crippen molar-refractivity contribution in [1.82, 2.24) is 0 Å².